The molecule has 1 aliphatic carbocycles. The molecule has 0 radical (unpaired) electrons. The number of ether oxygens (including phenoxy) is 1. The number of hydrogen-bond acceptors (Lipinski definition) is 3. The first-order valence-electron chi connectivity index (χ1n) is 7.31. The second-order valence-electron chi connectivity index (χ2n) is 5.58. The normalized spacial score (nSPS) is 17.9. The summed E-state index contributed by atoms with van der Waals surface area (Å²) in [6, 6.07) is 5.25. The highest BCUT2D eigenvalue weighted by Crippen LogP contribution is 2.51. The number of carbonyl (C=O) groups is 1. The van der Waals surface area contributed by atoms with Gasteiger partial charge in [-0.15, -0.1) is 0 Å². The Morgan fingerprint density at radius 2 is 2.24 bits per heavy atom. The molecule has 0 aliphatic heterocycles. The van der Waals surface area contributed by atoms with Gasteiger partial charge in [0, 0.05) is 4.47 Å². The molecule has 116 valence electrons. The van der Waals surface area contributed by atoms with E-state index in [1.165, 1.54) is 0 Å². The van der Waals surface area contributed by atoms with Crippen LogP contribution in [0, 0.1) is 5.41 Å². The van der Waals surface area contributed by atoms with Crippen LogP contribution in [0.5, 0.6) is 0 Å². The summed E-state index contributed by atoms with van der Waals surface area (Å²) >= 11 is 9.32. The standard InChI is InChI=1S/C16H20BrClO3/c1-2-3-9-21-15(20)16(7-4-8-16)14(19)11-5-6-13(18)12(17)10-11/h5-6,10,14,19H,2-4,7-9H2,1H3. The minimum Gasteiger partial charge on any atom is -0.465 e. The van der Waals surface area contributed by atoms with E-state index in [0.717, 1.165) is 23.7 Å². The maximum Gasteiger partial charge on any atom is 0.315 e. The van der Waals surface area contributed by atoms with E-state index in [9.17, 15) is 9.90 Å². The van der Waals surface area contributed by atoms with Crippen LogP contribution in [0.4, 0.5) is 0 Å². The summed E-state index contributed by atoms with van der Waals surface area (Å²) < 4.78 is 6.07. The van der Waals surface area contributed by atoms with Crippen LogP contribution in [0.1, 0.15) is 50.7 Å². The van der Waals surface area contributed by atoms with Crippen molar-refractivity contribution >= 4 is 33.5 Å². The molecule has 1 unspecified atom stereocenters. The van der Waals surface area contributed by atoms with Crippen molar-refractivity contribution in [1.29, 1.82) is 0 Å². The third-order valence-corrected chi connectivity index (χ3v) is 5.38. The number of unbranched alkanes of at least 4 members (excludes halogenated alkanes) is 1. The van der Waals surface area contributed by atoms with E-state index in [4.69, 9.17) is 16.3 Å². The maximum absolute atomic E-state index is 12.4. The molecule has 5 heteroatoms. The van der Waals surface area contributed by atoms with E-state index in [0.29, 0.717) is 30.0 Å². The molecule has 3 nitrogen and oxygen atoms in total. The number of hydrogen-bond donors (Lipinski definition) is 1. The molecule has 0 spiro atoms. The zero-order chi connectivity index (χ0) is 15.5. The Morgan fingerprint density at radius 3 is 2.76 bits per heavy atom. The van der Waals surface area contributed by atoms with Gasteiger partial charge in [0.25, 0.3) is 0 Å². The van der Waals surface area contributed by atoms with Crippen LogP contribution in [0.25, 0.3) is 0 Å². The van der Waals surface area contributed by atoms with Crippen LogP contribution in [-0.4, -0.2) is 17.7 Å². The molecule has 1 aliphatic rings. The lowest BCUT2D eigenvalue weighted by Crippen LogP contribution is -2.44. The number of halogens is 2. The minimum absolute atomic E-state index is 0.277. The van der Waals surface area contributed by atoms with Crippen LogP contribution in [0.2, 0.25) is 5.02 Å². The van der Waals surface area contributed by atoms with Gasteiger partial charge in [0.1, 0.15) is 0 Å². The first kappa shape index (κ1) is 16.8. The third-order valence-electron chi connectivity index (χ3n) is 4.17. The van der Waals surface area contributed by atoms with Crippen molar-refractivity contribution in [3.8, 4) is 0 Å². The molecule has 1 atom stereocenters. The molecule has 0 heterocycles. The number of esters is 1. The quantitative estimate of drug-likeness (QED) is 0.581. The average Bonchev–Trinajstić information content (AvgIpc) is 2.41. The lowest BCUT2D eigenvalue weighted by molar-refractivity contribution is -0.173. The van der Waals surface area contributed by atoms with E-state index >= 15 is 0 Å². The lowest BCUT2D eigenvalue weighted by atomic mass is 9.63. The summed E-state index contributed by atoms with van der Waals surface area (Å²) in [6.45, 7) is 2.47. The topological polar surface area (TPSA) is 46.5 Å². The predicted octanol–water partition coefficient (Wildman–Crippen LogP) is 4.65. The second-order valence-corrected chi connectivity index (χ2v) is 6.84. The van der Waals surface area contributed by atoms with E-state index in [1.807, 2.05) is 6.92 Å². The van der Waals surface area contributed by atoms with Crippen molar-refractivity contribution in [3.63, 3.8) is 0 Å². The van der Waals surface area contributed by atoms with Crippen molar-refractivity contribution in [2.45, 2.75) is 45.1 Å². The molecular formula is C16H20BrClO3. The van der Waals surface area contributed by atoms with Crippen molar-refractivity contribution in [1.82, 2.24) is 0 Å². The fraction of sp³-hybridized carbons (Fsp3) is 0.562. The van der Waals surface area contributed by atoms with Crippen molar-refractivity contribution in [3.05, 3.63) is 33.3 Å². The Balaban J connectivity index is 2.15. The molecular weight excluding hydrogens is 356 g/mol. The third kappa shape index (κ3) is 3.43. The van der Waals surface area contributed by atoms with Crippen molar-refractivity contribution in [2.24, 2.45) is 5.41 Å². The minimum atomic E-state index is -0.853. The van der Waals surface area contributed by atoms with Gasteiger partial charge in [0.15, 0.2) is 0 Å². The molecule has 1 aromatic carbocycles. The van der Waals surface area contributed by atoms with Gasteiger partial charge in [-0.05, 0) is 52.9 Å². The zero-order valence-corrected chi connectivity index (χ0v) is 14.4. The first-order chi connectivity index (χ1) is 10.0. The summed E-state index contributed by atoms with van der Waals surface area (Å²) in [5.74, 6) is -0.277. The Morgan fingerprint density at radius 1 is 1.52 bits per heavy atom. The molecule has 21 heavy (non-hydrogen) atoms. The predicted molar refractivity (Wildman–Crippen MR) is 86.3 cm³/mol. The fourth-order valence-corrected chi connectivity index (χ4v) is 3.12. The van der Waals surface area contributed by atoms with Gasteiger partial charge >= 0.3 is 5.97 Å². The van der Waals surface area contributed by atoms with Crippen LogP contribution < -0.4 is 0 Å². The number of rotatable bonds is 6. The number of carbonyl (C=O) groups excluding carboxylic acids is 1. The van der Waals surface area contributed by atoms with E-state index < -0.39 is 11.5 Å². The zero-order valence-electron chi connectivity index (χ0n) is 12.1. The summed E-state index contributed by atoms with van der Waals surface area (Å²) in [6.07, 6.45) is 3.25. The number of benzene rings is 1. The Bertz CT molecular complexity index is 514. The highest BCUT2D eigenvalue weighted by Gasteiger charge is 2.51. The van der Waals surface area contributed by atoms with Gasteiger partial charge < -0.3 is 9.84 Å². The average molecular weight is 376 g/mol. The Kier molecular flexibility index (Phi) is 5.69. The molecule has 1 N–H and O–H groups in total. The molecule has 0 aromatic heterocycles. The summed E-state index contributed by atoms with van der Waals surface area (Å²) in [4.78, 5) is 12.4. The molecule has 2 rings (SSSR count). The molecule has 0 saturated heterocycles. The van der Waals surface area contributed by atoms with E-state index in [-0.39, 0.29) is 5.97 Å². The highest BCUT2D eigenvalue weighted by atomic mass is 79.9. The number of aliphatic hydroxyl groups excluding tert-OH is 1. The maximum atomic E-state index is 12.4. The van der Waals surface area contributed by atoms with Gasteiger partial charge in [0.2, 0.25) is 0 Å². The molecule has 0 amide bonds. The highest BCUT2D eigenvalue weighted by molar-refractivity contribution is 9.10. The lowest BCUT2D eigenvalue weighted by Gasteiger charge is -2.43. The van der Waals surface area contributed by atoms with Gasteiger partial charge in [-0.2, -0.15) is 0 Å². The second kappa shape index (κ2) is 7.12. The van der Waals surface area contributed by atoms with E-state index in [1.54, 1.807) is 18.2 Å². The van der Waals surface area contributed by atoms with Crippen LogP contribution in [0.3, 0.4) is 0 Å². The first-order valence-corrected chi connectivity index (χ1v) is 8.48. The fourth-order valence-electron chi connectivity index (χ4n) is 2.60. The summed E-state index contributed by atoms with van der Waals surface area (Å²) in [7, 11) is 0. The molecule has 0 bridgehead atoms. The SMILES string of the molecule is CCCCOC(=O)C1(C(O)c2ccc(Cl)c(Br)c2)CCC1. The van der Waals surface area contributed by atoms with Crippen LogP contribution in [0.15, 0.2) is 22.7 Å². The van der Waals surface area contributed by atoms with Crippen molar-refractivity contribution < 1.29 is 14.6 Å². The summed E-state index contributed by atoms with van der Waals surface area (Å²) in [5.41, 5.74) is -0.0977. The summed E-state index contributed by atoms with van der Waals surface area (Å²) in [5, 5.41) is 11.3. The Hall–Kier alpha value is -0.580. The van der Waals surface area contributed by atoms with Crippen LogP contribution in [-0.2, 0) is 9.53 Å². The van der Waals surface area contributed by atoms with E-state index in [2.05, 4.69) is 15.9 Å². The van der Waals surface area contributed by atoms with Gasteiger partial charge in [-0.1, -0.05) is 37.4 Å². The molecule has 1 fully saturated rings. The largest absolute Gasteiger partial charge is 0.465 e. The molecule has 1 saturated carbocycles. The molecule has 1 aromatic rings. The van der Waals surface area contributed by atoms with Gasteiger partial charge in [-0.25, -0.2) is 0 Å². The number of aliphatic hydroxyl groups is 1. The Labute approximate surface area is 138 Å². The van der Waals surface area contributed by atoms with Gasteiger partial charge in [-0.3, -0.25) is 4.79 Å². The monoisotopic (exact) mass is 374 g/mol. The smallest absolute Gasteiger partial charge is 0.315 e. The van der Waals surface area contributed by atoms with Crippen molar-refractivity contribution in [2.75, 3.05) is 6.61 Å². The van der Waals surface area contributed by atoms with Crippen LogP contribution >= 0.6 is 27.5 Å². The van der Waals surface area contributed by atoms with Gasteiger partial charge in [0.05, 0.1) is 23.1 Å².